The van der Waals surface area contributed by atoms with Gasteiger partial charge >= 0.3 is 0 Å². The second-order valence-corrected chi connectivity index (χ2v) is 10.7. The molecule has 2 aliphatic heterocycles. The summed E-state index contributed by atoms with van der Waals surface area (Å²) >= 11 is 7.25. The van der Waals surface area contributed by atoms with Gasteiger partial charge in [0, 0.05) is 29.5 Å². The summed E-state index contributed by atoms with van der Waals surface area (Å²) in [7, 11) is -3.77. The van der Waals surface area contributed by atoms with Crippen LogP contribution in [0.5, 0.6) is 0 Å². The second kappa shape index (κ2) is 8.34. The van der Waals surface area contributed by atoms with Crippen molar-refractivity contribution in [3.63, 3.8) is 0 Å². The van der Waals surface area contributed by atoms with E-state index in [0.29, 0.717) is 23.7 Å². The van der Waals surface area contributed by atoms with E-state index in [4.69, 9.17) is 11.6 Å². The topological polar surface area (TPSA) is 95.5 Å². The molecular weight excluding hydrogens is 470 g/mol. The fraction of sp³-hybridized carbons (Fsp3) is 0.286. The van der Waals surface area contributed by atoms with E-state index in [9.17, 15) is 13.2 Å². The van der Waals surface area contributed by atoms with Gasteiger partial charge in [0.1, 0.15) is 11.6 Å². The highest BCUT2D eigenvalue weighted by atomic mass is 35.5. The Labute approximate surface area is 194 Å². The monoisotopic (exact) mass is 489 g/mol. The van der Waals surface area contributed by atoms with Crippen molar-refractivity contribution in [2.24, 2.45) is 0 Å². The SMILES string of the molecule is O=C1[C@H](N2CCCc3cc(Cl)ccc32)CCN1c1ccc(S(=O)(=O)Nc2nncs2)cc1. The number of benzene rings is 2. The molecule has 1 N–H and O–H groups in total. The third-order valence-corrected chi connectivity index (χ3v) is 8.12. The summed E-state index contributed by atoms with van der Waals surface area (Å²) in [6.45, 7) is 1.41. The first kappa shape index (κ1) is 21.2. The molecule has 3 heterocycles. The van der Waals surface area contributed by atoms with E-state index in [2.05, 4.69) is 19.8 Å². The maximum absolute atomic E-state index is 13.3. The number of aromatic nitrogens is 2. The van der Waals surface area contributed by atoms with E-state index in [0.717, 1.165) is 36.4 Å². The van der Waals surface area contributed by atoms with E-state index in [1.54, 1.807) is 17.0 Å². The lowest BCUT2D eigenvalue weighted by Gasteiger charge is -2.35. The van der Waals surface area contributed by atoms with Crippen molar-refractivity contribution in [2.45, 2.75) is 30.2 Å². The van der Waals surface area contributed by atoms with Crippen molar-refractivity contribution in [2.75, 3.05) is 27.6 Å². The Morgan fingerprint density at radius 1 is 1.12 bits per heavy atom. The number of carbonyl (C=O) groups excluding carboxylic acids is 1. The summed E-state index contributed by atoms with van der Waals surface area (Å²) in [5.74, 6) is 0.0235. The number of hydrogen-bond acceptors (Lipinski definition) is 7. The lowest BCUT2D eigenvalue weighted by Crippen LogP contribution is -2.44. The number of amides is 1. The number of carbonyl (C=O) groups is 1. The number of hydrogen-bond donors (Lipinski definition) is 1. The quantitative estimate of drug-likeness (QED) is 0.588. The van der Waals surface area contributed by atoms with Gasteiger partial charge in [0.25, 0.3) is 10.0 Å². The summed E-state index contributed by atoms with van der Waals surface area (Å²) in [5, 5.41) is 8.24. The molecule has 1 fully saturated rings. The Hall–Kier alpha value is -2.69. The molecule has 1 aromatic heterocycles. The van der Waals surface area contributed by atoms with Gasteiger partial charge < -0.3 is 9.80 Å². The fourth-order valence-electron chi connectivity index (χ4n) is 4.33. The summed E-state index contributed by atoms with van der Waals surface area (Å²) in [6, 6.07) is 11.9. The Morgan fingerprint density at radius 2 is 1.94 bits per heavy atom. The van der Waals surface area contributed by atoms with Gasteiger partial charge in [-0.2, -0.15) is 0 Å². The number of fused-ring (bicyclic) bond motifs is 1. The van der Waals surface area contributed by atoms with Crippen molar-refractivity contribution in [1.82, 2.24) is 10.2 Å². The van der Waals surface area contributed by atoms with Crippen molar-refractivity contribution >= 4 is 55.4 Å². The van der Waals surface area contributed by atoms with Crippen LogP contribution in [0.2, 0.25) is 5.02 Å². The number of rotatable bonds is 5. The van der Waals surface area contributed by atoms with Gasteiger partial charge in [0.2, 0.25) is 11.0 Å². The predicted octanol–water partition coefficient (Wildman–Crippen LogP) is 3.55. The minimum absolute atomic E-state index is 0.0235. The van der Waals surface area contributed by atoms with Crippen LogP contribution in [0.15, 0.2) is 52.9 Å². The van der Waals surface area contributed by atoms with Crippen LogP contribution in [0, 0.1) is 0 Å². The lowest BCUT2D eigenvalue weighted by atomic mass is 9.99. The summed E-state index contributed by atoms with van der Waals surface area (Å²) in [6.07, 6.45) is 2.64. The molecular formula is C21H20ClN5O3S2. The number of nitrogens with zero attached hydrogens (tertiary/aromatic N) is 4. The lowest BCUT2D eigenvalue weighted by molar-refractivity contribution is -0.118. The number of aryl methyl sites for hydroxylation is 1. The molecule has 32 heavy (non-hydrogen) atoms. The van der Waals surface area contributed by atoms with Crippen molar-refractivity contribution in [3.05, 3.63) is 58.6 Å². The highest BCUT2D eigenvalue weighted by molar-refractivity contribution is 7.93. The Bertz CT molecular complexity index is 1250. The predicted molar refractivity (Wildman–Crippen MR) is 125 cm³/mol. The zero-order chi connectivity index (χ0) is 22.3. The number of nitrogens with one attached hydrogen (secondary N) is 1. The van der Waals surface area contributed by atoms with E-state index in [1.807, 2.05) is 18.2 Å². The van der Waals surface area contributed by atoms with Gasteiger partial charge in [0.15, 0.2) is 0 Å². The van der Waals surface area contributed by atoms with Crippen molar-refractivity contribution in [1.29, 1.82) is 0 Å². The zero-order valence-electron chi connectivity index (χ0n) is 16.9. The number of anilines is 3. The Morgan fingerprint density at radius 3 is 2.69 bits per heavy atom. The van der Waals surface area contributed by atoms with Crippen molar-refractivity contribution < 1.29 is 13.2 Å². The normalized spacial score (nSPS) is 18.7. The van der Waals surface area contributed by atoms with E-state index >= 15 is 0 Å². The fourth-order valence-corrected chi connectivity index (χ4v) is 6.21. The van der Waals surface area contributed by atoms with Crippen LogP contribution >= 0.6 is 22.9 Å². The molecule has 0 unspecified atom stereocenters. The summed E-state index contributed by atoms with van der Waals surface area (Å²) < 4.78 is 27.5. The molecule has 2 aromatic carbocycles. The molecule has 0 bridgehead atoms. The van der Waals surface area contributed by atoms with Crippen molar-refractivity contribution in [3.8, 4) is 0 Å². The highest BCUT2D eigenvalue weighted by Crippen LogP contribution is 2.35. The van der Waals surface area contributed by atoms with Gasteiger partial charge in [0.05, 0.1) is 4.90 Å². The average Bonchev–Trinajstić information content (AvgIpc) is 3.42. The van der Waals surface area contributed by atoms with E-state index in [-0.39, 0.29) is 22.0 Å². The Kier molecular flexibility index (Phi) is 5.52. The first-order valence-corrected chi connectivity index (χ1v) is 12.9. The van der Waals surface area contributed by atoms with Crippen LogP contribution in [0.4, 0.5) is 16.5 Å². The van der Waals surface area contributed by atoms with Crippen LogP contribution in [-0.2, 0) is 21.2 Å². The first-order valence-electron chi connectivity index (χ1n) is 10.2. The Balaban J connectivity index is 1.34. The summed E-state index contributed by atoms with van der Waals surface area (Å²) in [5.41, 5.74) is 4.38. The third kappa shape index (κ3) is 3.94. The van der Waals surface area contributed by atoms with E-state index in [1.165, 1.54) is 23.2 Å². The molecule has 0 radical (unpaired) electrons. The molecule has 5 rings (SSSR count). The third-order valence-electron chi connectivity index (χ3n) is 5.79. The van der Waals surface area contributed by atoms with E-state index < -0.39 is 10.0 Å². The van der Waals surface area contributed by atoms with Crippen LogP contribution in [0.25, 0.3) is 0 Å². The molecule has 1 atom stereocenters. The maximum atomic E-state index is 13.3. The smallest absolute Gasteiger partial charge is 0.263 e. The standard InChI is InChI=1S/C21H20ClN5O3S2/c22-15-3-8-18-14(12-15)2-1-10-27(18)19-9-11-26(20(19)28)16-4-6-17(7-5-16)32(29,30)25-21-24-23-13-31-21/h3-8,12-13,19H,1-2,9-11H2,(H,24,25)/t19-/m1/s1. The molecule has 0 saturated carbocycles. The zero-order valence-corrected chi connectivity index (χ0v) is 19.3. The molecule has 0 spiro atoms. The van der Waals surface area contributed by atoms with Crippen LogP contribution in [0.1, 0.15) is 18.4 Å². The number of sulfonamides is 1. The molecule has 0 aliphatic carbocycles. The molecule has 11 heteroatoms. The second-order valence-electron chi connectivity index (χ2n) is 7.71. The minimum atomic E-state index is -3.77. The number of halogens is 1. The van der Waals surface area contributed by atoms with Crippen LogP contribution < -0.4 is 14.5 Å². The molecule has 166 valence electrons. The molecule has 1 amide bonds. The van der Waals surface area contributed by atoms with Crippen LogP contribution in [-0.4, -0.2) is 43.7 Å². The van der Waals surface area contributed by atoms with Gasteiger partial charge in [-0.1, -0.05) is 22.9 Å². The molecule has 8 nitrogen and oxygen atoms in total. The first-order chi connectivity index (χ1) is 15.4. The summed E-state index contributed by atoms with van der Waals surface area (Å²) in [4.78, 5) is 17.3. The molecule has 1 saturated heterocycles. The van der Waals surface area contributed by atoms with Gasteiger partial charge in [-0.3, -0.25) is 9.52 Å². The van der Waals surface area contributed by atoms with Gasteiger partial charge in [-0.05, 0) is 67.3 Å². The average molecular weight is 490 g/mol. The molecule has 3 aromatic rings. The maximum Gasteiger partial charge on any atom is 0.263 e. The van der Waals surface area contributed by atoms with Crippen LogP contribution in [0.3, 0.4) is 0 Å². The minimum Gasteiger partial charge on any atom is -0.359 e. The highest BCUT2D eigenvalue weighted by Gasteiger charge is 2.38. The molecule has 2 aliphatic rings. The van der Waals surface area contributed by atoms with Gasteiger partial charge in [-0.15, -0.1) is 10.2 Å². The van der Waals surface area contributed by atoms with Gasteiger partial charge in [-0.25, -0.2) is 8.42 Å². The largest absolute Gasteiger partial charge is 0.359 e.